The van der Waals surface area contributed by atoms with Crippen LogP contribution < -0.4 is 4.90 Å². The van der Waals surface area contributed by atoms with Crippen molar-refractivity contribution in [3.63, 3.8) is 0 Å². The second-order valence-corrected chi connectivity index (χ2v) is 5.06. The Labute approximate surface area is 100 Å². The molecule has 3 rings (SSSR count). The predicted octanol–water partition coefficient (Wildman–Crippen LogP) is 1.83. The van der Waals surface area contributed by atoms with E-state index in [2.05, 4.69) is 45.8 Å². The van der Waals surface area contributed by atoms with E-state index in [4.69, 9.17) is 0 Å². The van der Waals surface area contributed by atoms with Gasteiger partial charge in [0.15, 0.2) is 5.65 Å². The molecule has 1 N–H and O–H groups in total. The Morgan fingerprint density at radius 1 is 1.29 bits per heavy atom. The summed E-state index contributed by atoms with van der Waals surface area (Å²) in [4.78, 5) is 11.0. The Morgan fingerprint density at radius 3 is 2.82 bits per heavy atom. The van der Waals surface area contributed by atoms with Gasteiger partial charge in [-0.3, -0.25) is 5.10 Å². The third-order valence-electron chi connectivity index (χ3n) is 4.13. The molecule has 1 aliphatic heterocycles. The molecule has 90 valence electrons. The number of hydrogen-bond acceptors (Lipinski definition) is 4. The van der Waals surface area contributed by atoms with Crippen molar-refractivity contribution in [1.29, 1.82) is 0 Å². The van der Waals surface area contributed by atoms with Gasteiger partial charge < -0.3 is 4.90 Å². The van der Waals surface area contributed by atoms with Gasteiger partial charge in [0.1, 0.15) is 12.1 Å². The van der Waals surface area contributed by atoms with E-state index in [1.807, 2.05) is 6.20 Å². The van der Waals surface area contributed by atoms with Crippen molar-refractivity contribution < 1.29 is 0 Å². The first-order valence-electron chi connectivity index (χ1n) is 6.09. The van der Waals surface area contributed by atoms with Crippen LogP contribution in [0.2, 0.25) is 0 Å². The molecule has 0 saturated carbocycles. The molecule has 5 nitrogen and oxygen atoms in total. The number of aromatic nitrogens is 4. The molecule has 17 heavy (non-hydrogen) atoms. The summed E-state index contributed by atoms with van der Waals surface area (Å²) < 4.78 is 0. The van der Waals surface area contributed by atoms with E-state index in [0.717, 1.165) is 23.4 Å². The lowest BCUT2D eigenvalue weighted by Gasteiger charge is -2.24. The minimum Gasteiger partial charge on any atom is -0.353 e. The second-order valence-electron chi connectivity index (χ2n) is 5.06. The quantitative estimate of drug-likeness (QED) is 0.813. The summed E-state index contributed by atoms with van der Waals surface area (Å²) in [6.45, 7) is 7.93. The normalized spacial score (nSPS) is 29.1. The summed E-state index contributed by atoms with van der Waals surface area (Å²) in [6.07, 6.45) is 3.42. The van der Waals surface area contributed by atoms with Crippen molar-refractivity contribution in [1.82, 2.24) is 20.2 Å². The number of fused-ring (bicyclic) bond motifs is 1. The zero-order valence-corrected chi connectivity index (χ0v) is 10.4. The summed E-state index contributed by atoms with van der Waals surface area (Å²) in [5, 5.41) is 7.95. The van der Waals surface area contributed by atoms with E-state index in [1.165, 1.54) is 0 Å². The smallest absolute Gasteiger partial charge is 0.160 e. The number of hydrogen-bond donors (Lipinski definition) is 1. The SMILES string of the molecule is CC1CN(c2ncnc3[nH]ncc23)C(C)C1C. The number of nitrogens with one attached hydrogen (secondary N) is 1. The van der Waals surface area contributed by atoms with E-state index in [-0.39, 0.29) is 0 Å². The first-order valence-corrected chi connectivity index (χ1v) is 6.09. The van der Waals surface area contributed by atoms with Crippen LogP contribution in [0.5, 0.6) is 0 Å². The van der Waals surface area contributed by atoms with E-state index in [1.54, 1.807) is 6.33 Å². The highest BCUT2D eigenvalue weighted by Gasteiger charge is 2.34. The average molecular weight is 231 g/mol. The number of anilines is 1. The number of H-pyrrole nitrogens is 1. The minimum absolute atomic E-state index is 0.512. The van der Waals surface area contributed by atoms with Crippen molar-refractivity contribution in [3.05, 3.63) is 12.5 Å². The van der Waals surface area contributed by atoms with Crippen LogP contribution in [0, 0.1) is 11.8 Å². The molecule has 5 heteroatoms. The monoisotopic (exact) mass is 231 g/mol. The molecule has 1 saturated heterocycles. The molecule has 3 atom stereocenters. The van der Waals surface area contributed by atoms with E-state index < -0.39 is 0 Å². The highest BCUT2D eigenvalue weighted by atomic mass is 15.3. The van der Waals surface area contributed by atoms with Crippen LogP contribution in [0.25, 0.3) is 11.0 Å². The molecule has 0 bridgehead atoms. The maximum Gasteiger partial charge on any atom is 0.160 e. The maximum atomic E-state index is 4.44. The summed E-state index contributed by atoms with van der Waals surface area (Å²) in [6, 6.07) is 0.512. The van der Waals surface area contributed by atoms with E-state index in [9.17, 15) is 0 Å². The molecule has 1 aliphatic rings. The van der Waals surface area contributed by atoms with Gasteiger partial charge in [0.2, 0.25) is 0 Å². The van der Waals surface area contributed by atoms with Crippen molar-refractivity contribution in [3.8, 4) is 0 Å². The van der Waals surface area contributed by atoms with Crippen LogP contribution in [0.4, 0.5) is 5.82 Å². The Morgan fingerprint density at radius 2 is 2.12 bits per heavy atom. The third kappa shape index (κ3) is 1.49. The van der Waals surface area contributed by atoms with Crippen LogP contribution in [0.3, 0.4) is 0 Å². The Balaban J connectivity index is 2.07. The average Bonchev–Trinajstić information content (AvgIpc) is 2.89. The highest BCUT2D eigenvalue weighted by molar-refractivity contribution is 5.86. The van der Waals surface area contributed by atoms with Gasteiger partial charge in [-0.15, -0.1) is 0 Å². The summed E-state index contributed by atoms with van der Waals surface area (Å²) >= 11 is 0. The predicted molar refractivity (Wildman–Crippen MR) is 66.8 cm³/mol. The molecule has 3 unspecified atom stereocenters. The van der Waals surface area contributed by atoms with Crippen molar-refractivity contribution in [2.45, 2.75) is 26.8 Å². The second kappa shape index (κ2) is 3.68. The van der Waals surface area contributed by atoms with Gasteiger partial charge in [0.05, 0.1) is 11.6 Å². The molecule has 2 aromatic heterocycles. The molecule has 0 aromatic carbocycles. The lowest BCUT2D eigenvalue weighted by molar-refractivity contribution is 0.441. The van der Waals surface area contributed by atoms with Crippen LogP contribution in [0.15, 0.2) is 12.5 Å². The molecule has 0 radical (unpaired) electrons. The standard InChI is InChI=1S/C12H17N5/c1-7-5-17(9(3)8(7)2)12-10-4-15-16-11(10)13-6-14-12/h4,6-9H,5H2,1-3H3,(H,13,14,15,16). The molecular formula is C12H17N5. The fourth-order valence-corrected chi connectivity index (χ4v) is 2.66. The zero-order chi connectivity index (χ0) is 12.0. The van der Waals surface area contributed by atoms with Crippen LogP contribution in [0.1, 0.15) is 20.8 Å². The molecule has 3 heterocycles. The lowest BCUT2D eigenvalue weighted by Crippen LogP contribution is -2.29. The van der Waals surface area contributed by atoms with E-state index >= 15 is 0 Å². The third-order valence-corrected chi connectivity index (χ3v) is 4.13. The summed E-state index contributed by atoms with van der Waals surface area (Å²) in [7, 11) is 0. The Kier molecular flexibility index (Phi) is 2.28. The van der Waals surface area contributed by atoms with Gasteiger partial charge in [0, 0.05) is 12.6 Å². The van der Waals surface area contributed by atoms with Crippen molar-refractivity contribution in [2.75, 3.05) is 11.4 Å². The molecule has 2 aromatic rings. The zero-order valence-electron chi connectivity index (χ0n) is 10.4. The van der Waals surface area contributed by atoms with Gasteiger partial charge in [0.25, 0.3) is 0 Å². The lowest BCUT2D eigenvalue weighted by atomic mass is 9.95. The van der Waals surface area contributed by atoms with Gasteiger partial charge in [-0.05, 0) is 18.8 Å². The molecule has 1 fully saturated rings. The maximum absolute atomic E-state index is 4.44. The summed E-state index contributed by atoms with van der Waals surface area (Å²) in [5.41, 5.74) is 0.814. The summed E-state index contributed by atoms with van der Waals surface area (Å²) in [5.74, 6) is 2.39. The first kappa shape index (κ1) is 10.5. The fourth-order valence-electron chi connectivity index (χ4n) is 2.66. The highest BCUT2D eigenvalue weighted by Crippen LogP contribution is 2.34. The van der Waals surface area contributed by atoms with Crippen LogP contribution in [-0.4, -0.2) is 32.8 Å². The number of rotatable bonds is 1. The minimum atomic E-state index is 0.512. The largest absolute Gasteiger partial charge is 0.353 e. The van der Waals surface area contributed by atoms with Gasteiger partial charge >= 0.3 is 0 Å². The first-order chi connectivity index (χ1) is 8.18. The molecular weight excluding hydrogens is 214 g/mol. The van der Waals surface area contributed by atoms with Gasteiger partial charge in [-0.1, -0.05) is 13.8 Å². The van der Waals surface area contributed by atoms with E-state index in [0.29, 0.717) is 17.9 Å². The molecule has 0 aliphatic carbocycles. The number of aromatic amines is 1. The topological polar surface area (TPSA) is 57.7 Å². The Hall–Kier alpha value is -1.65. The van der Waals surface area contributed by atoms with Crippen LogP contribution >= 0.6 is 0 Å². The van der Waals surface area contributed by atoms with Gasteiger partial charge in [-0.25, -0.2) is 9.97 Å². The van der Waals surface area contributed by atoms with Crippen LogP contribution in [-0.2, 0) is 0 Å². The van der Waals surface area contributed by atoms with Crippen molar-refractivity contribution >= 4 is 16.9 Å². The number of nitrogens with zero attached hydrogens (tertiary/aromatic N) is 4. The fraction of sp³-hybridized carbons (Fsp3) is 0.583. The molecule has 0 spiro atoms. The van der Waals surface area contributed by atoms with Gasteiger partial charge in [-0.2, -0.15) is 5.10 Å². The molecule has 0 amide bonds. The van der Waals surface area contributed by atoms with Crippen molar-refractivity contribution in [2.24, 2.45) is 11.8 Å². The Bertz CT molecular complexity index is 534.